The Bertz CT molecular complexity index is 396. The summed E-state index contributed by atoms with van der Waals surface area (Å²) >= 11 is 4.74. The highest BCUT2D eigenvalue weighted by Gasteiger charge is 2.27. The smallest absolute Gasteiger partial charge is 0.220 e. The fraction of sp³-hybridized carbons (Fsp3) is 0.417. The molecule has 1 aliphatic heterocycles. The van der Waals surface area contributed by atoms with E-state index in [2.05, 4.69) is 5.32 Å². The highest BCUT2D eigenvalue weighted by atomic mass is 35.5. The van der Waals surface area contributed by atoms with Gasteiger partial charge in [-0.15, -0.1) is 0 Å². The average Bonchev–Trinajstić information content (AvgIpc) is 2.54. The lowest BCUT2D eigenvalue weighted by Gasteiger charge is -2.19. The van der Waals surface area contributed by atoms with Crippen LogP contribution < -0.4 is 5.32 Å². The quantitative estimate of drug-likeness (QED) is 0.838. The summed E-state index contributed by atoms with van der Waals surface area (Å²) in [5.41, 5.74) is 0. The third-order valence-corrected chi connectivity index (χ3v) is 4.90. The van der Waals surface area contributed by atoms with Crippen molar-refractivity contribution in [2.24, 2.45) is 0 Å². The van der Waals surface area contributed by atoms with E-state index in [1.165, 1.54) is 0 Å². The Labute approximate surface area is 109 Å². The Balaban J connectivity index is 2.05. The van der Waals surface area contributed by atoms with Crippen LogP contribution in [-0.2, 0) is 16.0 Å². The van der Waals surface area contributed by atoms with Crippen LogP contribution in [0.25, 0.3) is 0 Å². The van der Waals surface area contributed by atoms with Gasteiger partial charge in [-0.2, -0.15) is 0 Å². The van der Waals surface area contributed by atoms with Gasteiger partial charge in [0, 0.05) is 30.8 Å². The minimum atomic E-state index is -1.06. The van der Waals surface area contributed by atoms with Gasteiger partial charge in [-0.3, -0.25) is 4.79 Å². The number of hydrogen-bond acceptors (Lipinski definition) is 2. The minimum Gasteiger partial charge on any atom is -0.611 e. The van der Waals surface area contributed by atoms with Gasteiger partial charge in [-0.1, -0.05) is 11.6 Å². The molecule has 1 aromatic carbocycles. The molecule has 0 saturated carbocycles. The molecule has 1 N–H and O–H groups in total. The second kappa shape index (κ2) is 5.76. The molecule has 0 radical (unpaired) electrons. The summed E-state index contributed by atoms with van der Waals surface area (Å²) < 4.78 is 12.3. The molecule has 2 atom stereocenters. The monoisotopic (exact) mass is 271 g/mol. The second-order valence-electron chi connectivity index (χ2n) is 4.05. The first kappa shape index (κ1) is 12.7. The first-order valence-electron chi connectivity index (χ1n) is 5.59. The largest absolute Gasteiger partial charge is 0.611 e. The van der Waals surface area contributed by atoms with Crippen molar-refractivity contribution < 1.29 is 9.35 Å². The molecule has 0 aromatic heterocycles. The highest BCUT2D eigenvalue weighted by molar-refractivity contribution is 7.92. The van der Waals surface area contributed by atoms with Crippen LogP contribution in [0.5, 0.6) is 0 Å². The summed E-state index contributed by atoms with van der Waals surface area (Å²) in [6.45, 7) is 0.614. The van der Waals surface area contributed by atoms with Crippen LogP contribution in [0.4, 0.5) is 0 Å². The number of benzene rings is 1. The van der Waals surface area contributed by atoms with Crippen molar-refractivity contribution in [3.8, 4) is 0 Å². The van der Waals surface area contributed by atoms with Gasteiger partial charge in [-0.05, 0) is 35.4 Å². The van der Waals surface area contributed by atoms with Crippen molar-refractivity contribution in [2.45, 2.75) is 29.4 Å². The SMILES string of the molecule is O=C1CCC([S+]([O-])c2ccc(Cl)cc2)CCN1. The zero-order valence-electron chi connectivity index (χ0n) is 9.32. The van der Waals surface area contributed by atoms with E-state index in [-0.39, 0.29) is 11.2 Å². The molecule has 0 spiro atoms. The Morgan fingerprint density at radius 1 is 1.29 bits per heavy atom. The summed E-state index contributed by atoms with van der Waals surface area (Å²) in [5, 5.41) is 3.49. The fourth-order valence-electron chi connectivity index (χ4n) is 1.87. The van der Waals surface area contributed by atoms with Crippen LogP contribution in [0.3, 0.4) is 0 Å². The van der Waals surface area contributed by atoms with Gasteiger partial charge in [0.2, 0.25) is 5.91 Å². The maximum absolute atomic E-state index is 12.3. The predicted octanol–water partition coefficient (Wildman–Crippen LogP) is 2.12. The molecule has 17 heavy (non-hydrogen) atoms. The van der Waals surface area contributed by atoms with Crippen molar-refractivity contribution in [1.29, 1.82) is 0 Å². The Kier molecular flexibility index (Phi) is 4.31. The maximum atomic E-state index is 12.3. The van der Waals surface area contributed by atoms with Gasteiger partial charge < -0.3 is 9.87 Å². The van der Waals surface area contributed by atoms with Gasteiger partial charge >= 0.3 is 0 Å². The molecule has 3 nitrogen and oxygen atoms in total. The van der Waals surface area contributed by atoms with Crippen LogP contribution >= 0.6 is 11.6 Å². The van der Waals surface area contributed by atoms with Gasteiger partial charge in [0.25, 0.3) is 0 Å². The summed E-state index contributed by atoms with van der Waals surface area (Å²) in [4.78, 5) is 12.0. The molecule has 5 heteroatoms. The first-order valence-corrected chi connectivity index (χ1v) is 7.19. The molecule has 92 valence electrons. The molecule has 1 saturated heterocycles. The summed E-state index contributed by atoms with van der Waals surface area (Å²) in [5.74, 6) is 0.0561. The lowest BCUT2D eigenvalue weighted by atomic mass is 10.2. The topological polar surface area (TPSA) is 52.2 Å². The van der Waals surface area contributed by atoms with Crippen molar-refractivity contribution in [1.82, 2.24) is 5.32 Å². The van der Waals surface area contributed by atoms with E-state index in [4.69, 9.17) is 11.6 Å². The van der Waals surface area contributed by atoms with Crippen molar-refractivity contribution in [3.63, 3.8) is 0 Å². The summed E-state index contributed by atoms with van der Waals surface area (Å²) in [7, 11) is 0. The lowest BCUT2D eigenvalue weighted by Crippen LogP contribution is -2.24. The van der Waals surface area contributed by atoms with Crippen LogP contribution in [0.2, 0.25) is 5.02 Å². The molecular formula is C12H14ClNO2S. The zero-order valence-corrected chi connectivity index (χ0v) is 10.9. The third-order valence-electron chi connectivity index (χ3n) is 2.83. The van der Waals surface area contributed by atoms with Crippen molar-refractivity contribution in [2.75, 3.05) is 6.54 Å². The molecule has 1 fully saturated rings. The van der Waals surface area contributed by atoms with E-state index in [0.29, 0.717) is 24.4 Å². The summed E-state index contributed by atoms with van der Waals surface area (Å²) in [6.07, 6.45) is 1.91. The maximum Gasteiger partial charge on any atom is 0.220 e. The molecule has 0 bridgehead atoms. The van der Waals surface area contributed by atoms with E-state index in [0.717, 1.165) is 11.3 Å². The van der Waals surface area contributed by atoms with E-state index < -0.39 is 11.2 Å². The number of hydrogen-bond donors (Lipinski definition) is 1. The molecule has 1 aliphatic rings. The highest BCUT2D eigenvalue weighted by Crippen LogP contribution is 2.24. The van der Waals surface area contributed by atoms with Crippen LogP contribution in [0.15, 0.2) is 29.2 Å². The van der Waals surface area contributed by atoms with Crippen molar-refractivity contribution in [3.05, 3.63) is 29.3 Å². The fourth-order valence-corrected chi connectivity index (χ4v) is 3.45. The Morgan fingerprint density at radius 3 is 2.71 bits per heavy atom. The standard InChI is InChI=1S/C12H14ClNO2S/c13-9-1-3-10(4-2-9)17(16)11-5-6-12(15)14-8-7-11/h1-4,11H,5-8H2,(H,14,15). The van der Waals surface area contributed by atoms with Crippen LogP contribution in [0, 0.1) is 0 Å². The molecule has 1 heterocycles. The number of nitrogens with one attached hydrogen (secondary N) is 1. The number of carbonyl (C=O) groups excluding carboxylic acids is 1. The normalized spacial score (nSPS) is 22.7. The third kappa shape index (κ3) is 3.37. The number of rotatable bonds is 2. The summed E-state index contributed by atoms with van der Waals surface area (Å²) in [6, 6.07) is 7.07. The van der Waals surface area contributed by atoms with E-state index in [9.17, 15) is 9.35 Å². The van der Waals surface area contributed by atoms with E-state index in [1.807, 2.05) is 0 Å². The second-order valence-corrected chi connectivity index (χ2v) is 6.22. The minimum absolute atomic E-state index is 0.0510. The first-order chi connectivity index (χ1) is 8.16. The van der Waals surface area contributed by atoms with Crippen LogP contribution in [0.1, 0.15) is 19.3 Å². The van der Waals surface area contributed by atoms with Gasteiger partial charge in [-0.25, -0.2) is 0 Å². The number of carbonyl (C=O) groups is 1. The predicted molar refractivity (Wildman–Crippen MR) is 68.5 cm³/mol. The molecular weight excluding hydrogens is 258 g/mol. The van der Waals surface area contributed by atoms with E-state index in [1.54, 1.807) is 24.3 Å². The van der Waals surface area contributed by atoms with E-state index >= 15 is 0 Å². The zero-order chi connectivity index (χ0) is 12.3. The molecule has 1 amide bonds. The Hall–Kier alpha value is -0.710. The Morgan fingerprint density at radius 2 is 2.00 bits per heavy atom. The molecule has 2 unspecified atom stereocenters. The number of amides is 1. The van der Waals surface area contributed by atoms with Gasteiger partial charge in [0.15, 0.2) is 4.90 Å². The molecule has 0 aliphatic carbocycles. The van der Waals surface area contributed by atoms with Crippen molar-refractivity contribution >= 4 is 28.7 Å². The molecule has 2 rings (SSSR count). The van der Waals surface area contributed by atoms with Gasteiger partial charge in [0.1, 0.15) is 5.25 Å². The lowest BCUT2D eigenvalue weighted by molar-refractivity contribution is -0.120. The number of halogens is 1. The molecule has 1 aromatic rings. The average molecular weight is 272 g/mol. The van der Waals surface area contributed by atoms with Gasteiger partial charge in [0.05, 0.1) is 0 Å². The van der Waals surface area contributed by atoms with Crippen LogP contribution in [-0.4, -0.2) is 22.3 Å².